The molecule has 0 spiro atoms. The van der Waals surface area contributed by atoms with E-state index in [0.29, 0.717) is 11.3 Å². The fraction of sp³-hybridized carbons (Fsp3) is 0.211. The minimum Gasteiger partial charge on any atom is -0.481 e. The van der Waals surface area contributed by atoms with Gasteiger partial charge in [-0.15, -0.1) is 0 Å². The van der Waals surface area contributed by atoms with Crippen molar-refractivity contribution in [2.75, 3.05) is 5.32 Å². The van der Waals surface area contributed by atoms with Crippen molar-refractivity contribution in [1.29, 1.82) is 0 Å². The SMILES string of the molecule is Cc1nc2c(C)cccn2c1CC(=O)Nc1ccc(CC(=O)O)cc1. The van der Waals surface area contributed by atoms with Gasteiger partial charge < -0.3 is 14.8 Å². The predicted molar refractivity (Wildman–Crippen MR) is 94.8 cm³/mol. The molecule has 0 bridgehead atoms. The highest BCUT2D eigenvalue weighted by atomic mass is 16.4. The third kappa shape index (κ3) is 3.68. The van der Waals surface area contributed by atoms with E-state index in [-0.39, 0.29) is 18.7 Å². The van der Waals surface area contributed by atoms with E-state index in [1.165, 1.54) is 0 Å². The first-order valence-corrected chi connectivity index (χ1v) is 7.98. The predicted octanol–water partition coefficient (Wildman–Crippen LogP) is 2.76. The van der Waals surface area contributed by atoms with Gasteiger partial charge in [0.1, 0.15) is 5.65 Å². The zero-order chi connectivity index (χ0) is 18.0. The molecule has 128 valence electrons. The van der Waals surface area contributed by atoms with E-state index in [1.807, 2.05) is 36.6 Å². The number of fused-ring (bicyclic) bond motifs is 1. The first-order valence-electron chi connectivity index (χ1n) is 7.98. The van der Waals surface area contributed by atoms with Crippen LogP contribution < -0.4 is 5.32 Å². The number of carbonyl (C=O) groups is 2. The lowest BCUT2D eigenvalue weighted by atomic mass is 10.1. The Morgan fingerprint density at radius 2 is 1.84 bits per heavy atom. The van der Waals surface area contributed by atoms with Gasteiger partial charge in [0, 0.05) is 11.9 Å². The Labute approximate surface area is 145 Å². The molecule has 0 unspecified atom stereocenters. The second-order valence-electron chi connectivity index (χ2n) is 6.02. The molecule has 0 atom stereocenters. The number of aromatic nitrogens is 2. The van der Waals surface area contributed by atoms with Crippen LogP contribution in [0.4, 0.5) is 5.69 Å². The van der Waals surface area contributed by atoms with Gasteiger partial charge in [-0.1, -0.05) is 18.2 Å². The van der Waals surface area contributed by atoms with Crippen molar-refractivity contribution in [2.45, 2.75) is 26.7 Å². The van der Waals surface area contributed by atoms with Crippen molar-refractivity contribution in [3.63, 3.8) is 0 Å². The molecule has 1 amide bonds. The van der Waals surface area contributed by atoms with E-state index >= 15 is 0 Å². The summed E-state index contributed by atoms with van der Waals surface area (Å²) in [7, 11) is 0. The summed E-state index contributed by atoms with van der Waals surface area (Å²) in [6.07, 6.45) is 2.09. The zero-order valence-corrected chi connectivity index (χ0v) is 14.1. The van der Waals surface area contributed by atoms with Gasteiger partial charge in [-0.2, -0.15) is 0 Å². The molecule has 0 saturated heterocycles. The van der Waals surface area contributed by atoms with Crippen molar-refractivity contribution in [2.24, 2.45) is 0 Å². The topological polar surface area (TPSA) is 83.7 Å². The number of aryl methyl sites for hydroxylation is 2. The highest BCUT2D eigenvalue weighted by molar-refractivity contribution is 5.92. The molecule has 0 aliphatic carbocycles. The van der Waals surface area contributed by atoms with Crippen molar-refractivity contribution in [3.05, 3.63) is 65.1 Å². The largest absolute Gasteiger partial charge is 0.481 e. The molecule has 0 aliphatic heterocycles. The van der Waals surface area contributed by atoms with Crippen LogP contribution >= 0.6 is 0 Å². The van der Waals surface area contributed by atoms with E-state index in [2.05, 4.69) is 10.3 Å². The zero-order valence-electron chi connectivity index (χ0n) is 14.1. The molecule has 0 saturated carbocycles. The number of aliphatic carboxylic acids is 1. The number of amides is 1. The van der Waals surface area contributed by atoms with Crippen LogP contribution in [0.15, 0.2) is 42.6 Å². The normalized spacial score (nSPS) is 10.8. The smallest absolute Gasteiger partial charge is 0.307 e. The fourth-order valence-corrected chi connectivity index (χ4v) is 2.82. The number of carboxylic acids is 1. The van der Waals surface area contributed by atoms with Crippen LogP contribution in [0.3, 0.4) is 0 Å². The molecule has 0 fully saturated rings. The summed E-state index contributed by atoms with van der Waals surface area (Å²) in [6.45, 7) is 3.89. The quantitative estimate of drug-likeness (QED) is 0.750. The standard InChI is InChI=1S/C19H19N3O3/c1-12-4-3-9-22-16(13(2)20-19(12)22)11-17(23)21-15-7-5-14(6-8-15)10-18(24)25/h3-9H,10-11H2,1-2H3,(H,21,23)(H,24,25). The van der Waals surface area contributed by atoms with Crippen LogP contribution in [0, 0.1) is 13.8 Å². The van der Waals surface area contributed by atoms with Crippen molar-refractivity contribution >= 4 is 23.2 Å². The fourth-order valence-electron chi connectivity index (χ4n) is 2.82. The number of imidazole rings is 1. The minimum absolute atomic E-state index is 0.0331. The number of carbonyl (C=O) groups excluding carboxylic acids is 1. The molecule has 2 aromatic heterocycles. The molecule has 2 heterocycles. The second kappa shape index (κ2) is 6.76. The first-order chi connectivity index (χ1) is 11.9. The van der Waals surface area contributed by atoms with E-state index in [1.54, 1.807) is 24.3 Å². The number of nitrogens with zero attached hydrogens (tertiary/aromatic N) is 2. The number of carboxylic acid groups (broad SMARTS) is 1. The number of benzene rings is 1. The molecule has 2 N–H and O–H groups in total. The monoisotopic (exact) mass is 337 g/mol. The summed E-state index contributed by atoms with van der Waals surface area (Å²) in [5.41, 5.74) is 4.95. The second-order valence-corrected chi connectivity index (χ2v) is 6.02. The van der Waals surface area contributed by atoms with Crippen LogP contribution in [-0.4, -0.2) is 26.4 Å². The maximum Gasteiger partial charge on any atom is 0.307 e. The van der Waals surface area contributed by atoms with Gasteiger partial charge in [0.15, 0.2) is 0 Å². The van der Waals surface area contributed by atoms with Gasteiger partial charge in [0.25, 0.3) is 0 Å². The van der Waals surface area contributed by atoms with Crippen LogP contribution in [0.5, 0.6) is 0 Å². The molecular weight excluding hydrogens is 318 g/mol. The van der Waals surface area contributed by atoms with E-state index in [0.717, 1.165) is 22.6 Å². The Morgan fingerprint density at radius 3 is 2.52 bits per heavy atom. The van der Waals surface area contributed by atoms with Crippen LogP contribution in [0.2, 0.25) is 0 Å². The van der Waals surface area contributed by atoms with Crippen molar-refractivity contribution < 1.29 is 14.7 Å². The number of anilines is 1. The summed E-state index contributed by atoms with van der Waals surface area (Å²) in [5.74, 6) is -1.02. The highest BCUT2D eigenvalue weighted by Gasteiger charge is 2.14. The van der Waals surface area contributed by atoms with Gasteiger partial charge >= 0.3 is 5.97 Å². The average molecular weight is 337 g/mol. The van der Waals surface area contributed by atoms with E-state index in [9.17, 15) is 9.59 Å². The van der Waals surface area contributed by atoms with Gasteiger partial charge in [-0.25, -0.2) is 4.98 Å². The number of pyridine rings is 1. The lowest BCUT2D eigenvalue weighted by molar-refractivity contribution is -0.136. The Balaban J connectivity index is 1.74. The molecule has 3 aromatic rings. The van der Waals surface area contributed by atoms with E-state index < -0.39 is 5.97 Å². The van der Waals surface area contributed by atoms with Crippen LogP contribution in [0.25, 0.3) is 5.65 Å². The number of nitrogens with one attached hydrogen (secondary N) is 1. The molecule has 3 rings (SSSR count). The van der Waals surface area contributed by atoms with Crippen LogP contribution in [0.1, 0.15) is 22.5 Å². The summed E-state index contributed by atoms with van der Waals surface area (Å²) in [4.78, 5) is 27.6. The number of hydrogen-bond acceptors (Lipinski definition) is 3. The average Bonchev–Trinajstić information content (AvgIpc) is 2.86. The molecule has 6 nitrogen and oxygen atoms in total. The summed E-state index contributed by atoms with van der Waals surface area (Å²) < 4.78 is 1.94. The lowest BCUT2D eigenvalue weighted by Crippen LogP contribution is -2.16. The molecule has 0 radical (unpaired) electrons. The Hall–Kier alpha value is -3.15. The minimum atomic E-state index is -0.879. The van der Waals surface area contributed by atoms with E-state index in [4.69, 9.17) is 5.11 Å². The molecule has 25 heavy (non-hydrogen) atoms. The maximum absolute atomic E-state index is 12.4. The third-order valence-corrected chi connectivity index (χ3v) is 4.07. The van der Waals surface area contributed by atoms with Gasteiger partial charge in [-0.05, 0) is 43.2 Å². The van der Waals surface area contributed by atoms with Gasteiger partial charge in [-0.3, -0.25) is 9.59 Å². The Bertz CT molecular complexity index is 942. The molecule has 6 heteroatoms. The highest BCUT2D eigenvalue weighted by Crippen LogP contribution is 2.17. The number of hydrogen-bond donors (Lipinski definition) is 2. The van der Waals surface area contributed by atoms with Gasteiger partial charge in [0.2, 0.25) is 5.91 Å². The third-order valence-electron chi connectivity index (χ3n) is 4.07. The van der Waals surface area contributed by atoms with Crippen LogP contribution in [-0.2, 0) is 22.4 Å². The lowest BCUT2D eigenvalue weighted by Gasteiger charge is -2.07. The Kier molecular flexibility index (Phi) is 4.52. The molecule has 0 aliphatic rings. The Morgan fingerprint density at radius 1 is 1.12 bits per heavy atom. The van der Waals surface area contributed by atoms with Crippen molar-refractivity contribution in [1.82, 2.24) is 9.38 Å². The van der Waals surface area contributed by atoms with Gasteiger partial charge in [0.05, 0.1) is 24.2 Å². The summed E-state index contributed by atoms with van der Waals surface area (Å²) >= 11 is 0. The van der Waals surface area contributed by atoms with Crippen molar-refractivity contribution in [3.8, 4) is 0 Å². The molecule has 1 aromatic carbocycles. The maximum atomic E-state index is 12.4. The summed E-state index contributed by atoms with van der Waals surface area (Å²) in [5, 5.41) is 11.6. The molecular formula is C19H19N3O3. The number of rotatable bonds is 5. The summed E-state index contributed by atoms with van der Waals surface area (Å²) in [6, 6.07) is 10.7. The first kappa shape index (κ1) is 16.7.